The lowest BCUT2D eigenvalue weighted by Crippen LogP contribution is -2.53. The first-order valence-corrected chi connectivity index (χ1v) is 18.9. The van der Waals surface area contributed by atoms with Gasteiger partial charge in [0.05, 0.1) is 35.9 Å². The van der Waals surface area contributed by atoms with Crippen molar-refractivity contribution in [2.24, 2.45) is 11.8 Å². The Labute approximate surface area is 316 Å². The van der Waals surface area contributed by atoms with E-state index in [-0.39, 0.29) is 47.8 Å². The van der Waals surface area contributed by atoms with Gasteiger partial charge in [-0.2, -0.15) is 0 Å². The van der Waals surface area contributed by atoms with Crippen LogP contribution in [0.2, 0.25) is 0 Å². The van der Waals surface area contributed by atoms with Crippen LogP contribution in [0.25, 0.3) is 33.6 Å². The van der Waals surface area contributed by atoms with E-state index in [9.17, 15) is 19.2 Å². The third-order valence-corrected chi connectivity index (χ3v) is 10.5. The molecule has 0 radical (unpaired) electrons. The van der Waals surface area contributed by atoms with E-state index in [2.05, 4.69) is 89.7 Å². The van der Waals surface area contributed by atoms with Gasteiger partial charge in [-0.15, -0.1) is 0 Å². The van der Waals surface area contributed by atoms with Crippen molar-refractivity contribution in [2.45, 2.75) is 77.5 Å². The molecule has 4 aromatic rings. The van der Waals surface area contributed by atoms with E-state index in [1.165, 1.54) is 14.1 Å². The Balaban J connectivity index is 1.11. The SMILES string of the molecule is CNC(=O)N[C@H](C(=O)N1CCCC1c1ncc(-c2ccc(-c3ccc(-c4cnc([C@@H]5CCCN5C(=O)[C@@H](NC(=O)NC)C(C)C)[nH]4)cc3)cc2)[nH]1)C(C)C. The Kier molecular flexibility index (Phi) is 11.7. The number of likely N-dealkylation sites (tertiary alicyclic amines) is 2. The minimum absolute atomic E-state index is 0.0627. The summed E-state index contributed by atoms with van der Waals surface area (Å²) in [6, 6.07) is 14.2. The zero-order chi connectivity index (χ0) is 38.5. The predicted octanol–water partition coefficient (Wildman–Crippen LogP) is 5.37. The van der Waals surface area contributed by atoms with Crippen molar-refractivity contribution < 1.29 is 19.2 Å². The fourth-order valence-electron chi connectivity index (χ4n) is 7.43. The van der Waals surface area contributed by atoms with Gasteiger partial charge in [-0.3, -0.25) is 9.59 Å². The minimum Gasteiger partial charge on any atom is -0.341 e. The second-order valence-corrected chi connectivity index (χ2v) is 14.8. The highest BCUT2D eigenvalue weighted by Crippen LogP contribution is 2.35. The molecule has 1 unspecified atom stereocenters. The molecule has 2 saturated heterocycles. The maximum atomic E-state index is 13.5. The van der Waals surface area contributed by atoms with E-state index in [4.69, 9.17) is 0 Å². The Hall–Kier alpha value is -5.66. The van der Waals surface area contributed by atoms with Crippen molar-refractivity contribution >= 4 is 23.9 Å². The smallest absolute Gasteiger partial charge is 0.315 e. The summed E-state index contributed by atoms with van der Waals surface area (Å²) >= 11 is 0. The molecule has 286 valence electrons. The number of carbonyl (C=O) groups is 4. The van der Waals surface area contributed by atoms with Crippen molar-refractivity contribution in [3.63, 3.8) is 0 Å². The molecular formula is C40H52N10O4. The third-order valence-electron chi connectivity index (χ3n) is 10.5. The molecule has 2 fully saturated rings. The molecule has 0 bridgehead atoms. The van der Waals surface area contributed by atoms with Crippen LogP contribution in [0.15, 0.2) is 60.9 Å². The minimum atomic E-state index is -0.623. The molecule has 2 aromatic carbocycles. The van der Waals surface area contributed by atoms with E-state index in [1.54, 1.807) is 0 Å². The zero-order valence-electron chi connectivity index (χ0n) is 31.9. The van der Waals surface area contributed by atoms with Crippen LogP contribution in [0.4, 0.5) is 9.59 Å². The van der Waals surface area contributed by atoms with Gasteiger partial charge in [0.15, 0.2) is 0 Å². The number of nitrogens with zero attached hydrogens (tertiary/aromatic N) is 4. The average molecular weight is 737 g/mol. The molecule has 4 atom stereocenters. The Morgan fingerprint density at radius 2 is 0.963 bits per heavy atom. The number of urea groups is 2. The molecule has 54 heavy (non-hydrogen) atoms. The van der Waals surface area contributed by atoms with Gasteiger partial charge < -0.3 is 41.0 Å². The quantitative estimate of drug-likeness (QED) is 0.121. The van der Waals surface area contributed by atoms with E-state index in [0.29, 0.717) is 13.1 Å². The molecular weight excluding hydrogens is 685 g/mol. The number of carbonyl (C=O) groups excluding carboxylic acids is 4. The van der Waals surface area contributed by atoms with Gasteiger partial charge in [0, 0.05) is 27.2 Å². The van der Waals surface area contributed by atoms with Crippen LogP contribution in [0.1, 0.15) is 77.1 Å². The molecule has 6 rings (SSSR count). The second-order valence-electron chi connectivity index (χ2n) is 14.8. The highest BCUT2D eigenvalue weighted by molar-refractivity contribution is 5.88. The Bertz CT molecular complexity index is 1790. The van der Waals surface area contributed by atoms with Crippen LogP contribution >= 0.6 is 0 Å². The molecule has 4 heterocycles. The van der Waals surface area contributed by atoms with E-state index in [0.717, 1.165) is 71.0 Å². The van der Waals surface area contributed by atoms with Crippen molar-refractivity contribution in [3.8, 4) is 33.6 Å². The molecule has 6 N–H and O–H groups in total. The summed E-state index contributed by atoms with van der Waals surface area (Å²) in [7, 11) is 3.08. The zero-order valence-corrected chi connectivity index (χ0v) is 31.9. The summed E-state index contributed by atoms with van der Waals surface area (Å²) in [6.07, 6.45) is 6.95. The van der Waals surface area contributed by atoms with Gasteiger partial charge in [0.1, 0.15) is 23.7 Å². The fourth-order valence-corrected chi connectivity index (χ4v) is 7.43. The number of hydrogen-bond acceptors (Lipinski definition) is 6. The normalized spacial score (nSPS) is 18.1. The maximum absolute atomic E-state index is 13.5. The van der Waals surface area contributed by atoms with Gasteiger partial charge in [-0.25, -0.2) is 19.6 Å². The van der Waals surface area contributed by atoms with Crippen LogP contribution in [0.3, 0.4) is 0 Å². The molecule has 0 saturated carbocycles. The maximum Gasteiger partial charge on any atom is 0.315 e. The molecule has 2 aliphatic rings. The average Bonchev–Trinajstić information content (AvgIpc) is 4.02. The topological polar surface area (TPSA) is 180 Å². The number of benzene rings is 2. The second kappa shape index (κ2) is 16.6. The third kappa shape index (κ3) is 8.12. The summed E-state index contributed by atoms with van der Waals surface area (Å²) < 4.78 is 0. The lowest BCUT2D eigenvalue weighted by atomic mass is 10.0. The number of aromatic amines is 2. The molecule has 2 aliphatic heterocycles. The number of rotatable bonds is 11. The standard InChI is InChI=1S/C40H52N10O4/c1-23(2)33(47-39(53)41-5)37(51)49-19-7-9-31(49)35-43-21-29(45-35)27-15-11-25(12-16-27)26-13-17-28(18-14-26)30-22-44-36(46-30)32-10-8-20-50(32)38(52)34(24(3)4)48-40(54)42-6/h11-18,21-24,31-34H,7-10,19-20H2,1-6H3,(H,43,45)(H,44,46)(H2,41,47,53)(H2,42,48,54)/t31-,32?,33-,34-/m0/s1. The van der Waals surface area contributed by atoms with Crippen molar-refractivity contribution in [1.82, 2.24) is 51.0 Å². The van der Waals surface area contributed by atoms with E-state index in [1.807, 2.05) is 49.9 Å². The summed E-state index contributed by atoms with van der Waals surface area (Å²) in [6.45, 7) is 8.95. The van der Waals surface area contributed by atoms with Gasteiger partial charge in [-0.05, 0) is 59.8 Å². The monoisotopic (exact) mass is 736 g/mol. The molecule has 0 aliphatic carbocycles. The van der Waals surface area contributed by atoms with Gasteiger partial charge in [0.2, 0.25) is 11.8 Å². The van der Waals surface area contributed by atoms with Crippen molar-refractivity contribution in [1.29, 1.82) is 0 Å². The summed E-state index contributed by atoms with van der Waals surface area (Å²) in [4.78, 5) is 71.1. The molecule has 14 heteroatoms. The van der Waals surface area contributed by atoms with Crippen LogP contribution in [-0.2, 0) is 9.59 Å². The summed E-state index contributed by atoms with van der Waals surface area (Å²) in [5, 5.41) is 10.7. The van der Waals surface area contributed by atoms with Crippen molar-refractivity contribution in [2.75, 3.05) is 27.2 Å². The lowest BCUT2D eigenvalue weighted by molar-refractivity contribution is -0.136. The molecule has 0 spiro atoms. The molecule has 2 aromatic heterocycles. The van der Waals surface area contributed by atoms with Crippen LogP contribution in [0.5, 0.6) is 0 Å². The highest BCUT2D eigenvalue weighted by Gasteiger charge is 2.38. The predicted molar refractivity (Wildman–Crippen MR) is 207 cm³/mol. The fraction of sp³-hybridized carbons (Fsp3) is 0.450. The first kappa shape index (κ1) is 38.1. The Morgan fingerprint density at radius 3 is 1.30 bits per heavy atom. The summed E-state index contributed by atoms with van der Waals surface area (Å²) in [5.41, 5.74) is 5.85. The van der Waals surface area contributed by atoms with Crippen molar-refractivity contribution in [3.05, 3.63) is 72.6 Å². The Morgan fingerprint density at radius 1 is 0.611 bits per heavy atom. The van der Waals surface area contributed by atoms with Gasteiger partial charge in [0.25, 0.3) is 0 Å². The number of amides is 6. The van der Waals surface area contributed by atoms with E-state index >= 15 is 0 Å². The highest BCUT2D eigenvalue weighted by atomic mass is 16.2. The van der Waals surface area contributed by atoms with Gasteiger partial charge in [-0.1, -0.05) is 76.2 Å². The number of nitrogens with one attached hydrogen (secondary N) is 6. The molecule has 6 amide bonds. The van der Waals surface area contributed by atoms with Crippen LogP contribution < -0.4 is 21.3 Å². The van der Waals surface area contributed by atoms with E-state index < -0.39 is 12.1 Å². The number of imidazole rings is 2. The number of aromatic nitrogens is 4. The van der Waals surface area contributed by atoms with Crippen LogP contribution in [0, 0.1) is 11.8 Å². The van der Waals surface area contributed by atoms with Gasteiger partial charge >= 0.3 is 12.1 Å². The number of H-pyrrole nitrogens is 2. The first-order valence-electron chi connectivity index (χ1n) is 18.9. The molecule has 14 nitrogen and oxygen atoms in total. The summed E-state index contributed by atoms with van der Waals surface area (Å²) in [5.74, 6) is 1.16. The number of hydrogen-bond donors (Lipinski definition) is 6. The van der Waals surface area contributed by atoms with Crippen LogP contribution in [-0.4, -0.2) is 92.9 Å². The first-order chi connectivity index (χ1) is 26.0. The lowest BCUT2D eigenvalue weighted by Gasteiger charge is -2.30. The largest absolute Gasteiger partial charge is 0.341 e.